The molecule has 148 valence electrons. The minimum Gasteiger partial charge on any atom is -0.347 e. The van der Waals surface area contributed by atoms with Gasteiger partial charge in [-0.1, -0.05) is 31.9 Å². The van der Waals surface area contributed by atoms with E-state index >= 15 is 0 Å². The van der Waals surface area contributed by atoms with Crippen LogP contribution in [0.25, 0.3) is 11.0 Å². The summed E-state index contributed by atoms with van der Waals surface area (Å²) in [4.78, 5) is 43.3. The SMILES string of the molecule is CC1CCCCC12NC(=O)N(CC(=O)NCc1nc3ccccc3n1C)C2=O. The molecule has 2 aromatic rings. The van der Waals surface area contributed by atoms with Crippen molar-refractivity contribution < 1.29 is 14.4 Å². The number of amides is 4. The van der Waals surface area contributed by atoms with Crippen molar-refractivity contribution in [1.82, 2.24) is 25.1 Å². The maximum Gasteiger partial charge on any atom is 0.325 e. The number of imidazole rings is 1. The first kappa shape index (κ1) is 18.5. The number of benzene rings is 1. The van der Waals surface area contributed by atoms with Gasteiger partial charge < -0.3 is 15.2 Å². The van der Waals surface area contributed by atoms with Crippen LogP contribution in [-0.4, -0.2) is 44.4 Å². The van der Waals surface area contributed by atoms with Gasteiger partial charge in [-0.2, -0.15) is 0 Å². The second kappa shape index (κ2) is 6.92. The lowest BCUT2D eigenvalue weighted by Crippen LogP contribution is -2.54. The zero-order valence-corrected chi connectivity index (χ0v) is 16.2. The van der Waals surface area contributed by atoms with E-state index in [1.165, 1.54) is 0 Å². The number of aryl methyl sites for hydroxylation is 1. The van der Waals surface area contributed by atoms with Gasteiger partial charge in [-0.05, 0) is 30.9 Å². The number of urea groups is 1. The zero-order chi connectivity index (χ0) is 19.9. The highest BCUT2D eigenvalue weighted by atomic mass is 16.2. The number of hydrogen-bond acceptors (Lipinski definition) is 4. The van der Waals surface area contributed by atoms with E-state index in [0.29, 0.717) is 12.2 Å². The number of rotatable bonds is 4. The van der Waals surface area contributed by atoms with Crippen molar-refractivity contribution in [1.29, 1.82) is 0 Å². The molecule has 2 heterocycles. The number of imide groups is 1. The van der Waals surface area contributed by atoms with Crippen LogP contribution in [-0.2, 0) is 23.2 Å². The van der Waals surface area contributed by atoms with Crippen LogP contribution in [0.5, 0.6) is 0 Å². The van der Waals surface area contributed by atoms with Crippen LogP contribution in [0.15, 0.2) is 24.3 Å². The van der Waals surface area contributed by atoms with Gasteiger partial charge in [0.15, 0.2) is 0 Å². The van der Waals surface area contributed by atoms with Crippen molar-refractivity contribution in [2.45, 2.75) is 44.7 Å². The first-order chi connectivity index (χ1) is 13.4. The van der Waals surface area contributed by atoms with Crippen LogP contribution in [0.4, 0.5) is 4.79 Å². The normalized spacial score (nSPS) is 24.8. The van der Waals surface area contributed by atoms with Gasteiger partial charge in [0.05, 0.1) is 17.6 Å². The Labute approximate surface area is 163 Å². The number of nitrogens with zero attached hydrogens (tertiary/aromatic N) is 3. The van der Waals surface area contributed by atoms with E-state index < -0.39 is 11.6 Å². The van der Waals surface area contributed by atoms with Crippen molar-refractivity contribution in [2.24, 2.45) is 13.0 Å². The molecule has 2 aliphatic rings. The lowest BCUT2D eigenvalue weighted by atomic mass is 9.73. The van der Waals surface area contributed by atoms with E-state index in [-0.39, 0.29) is 30.8 Å². The van der Waals surface area contributed by atoms with Crippen LogP contribution in [0.1, 0.15) is 38.4 Å². The quantitative estimate of drug-likeness (QED) is 0.786. The average Bonchev–Trinajstić information content (AvgIpc) is 3.12. The standard InChI is InChI=1S/C20H25N5O3/c1-13-7-5-6-10-20(13)18(27)25(19(28)23-20)12-17(26)21-11-16-22-14-8-3-4-9-15(14)24(16)2/h3-4,8-9,13H,5-7,10-12H2,1-2H3,(H,21,26)(H,23,28). The van der Waals surface area contributed by atoms with Crippen molar-refractivity contribution in [3.05, 3.63) is 30.1 Å². The average molecular weight is 383 g/mol. The summed E-state index contributed by atoms with van der Waals surface area (Å²) in [6.07, 6.45) is 3.50. The van der Waals surface area contributed by atoms with Crippen LogP contribution >= 0.6 is 0 Å². The molecule has 0 radical (unpaired) electrons. The molecule has 4 amide bonds. The molecule has 1 saturated carbocycles. The summed E-state index contributed by atoms with van der Waals surface area (Å²) >= 11 is 0. The van der Waals surface area contributed by atoms with E-state index in [1.807, 2.05) is 42.8 Å². The third kappa shape index (κ3) is 2.93. The predicted octanol–water partition coefficient (Wildman–Crippen LogP) is 1.69. The van der Waals surface area contributed by atoms with Crippen molar-refractivity contribution in [2.75, 3.05) is 6.54 Å². The Morgan fingerprint density at radius 3 is 2.86 bits per heavy atom. The third-order valence-corrected chi connectivity index (χ3v) is 6.13. The highest BCUT2D eigenvalue weighted by molar-refractivity contribution is 6.09. The maximum absolute atomic E-state index is 12.9. The molecule has 2 fully saturated rings. The summed E-state index contributed by atoms with van der Waals surface area (Å²) in [7, 11) is 1.89. The van der Waals surface area contributed by atoms with Gasteiger partial charge in [0.1, 0.15) is 17.9 Å². The molecule has 2 unspecified atom stereocenters. The van der Waals surface area contributed by atoms with E-state index in [9.17, 15) is 14.4 Å². The molecular weight excluding hydrogens is 358 g/mol. The van der Waals surface area contributed by atoms with Crippen LogP contribution in [0.3, 0.4) is 0 Å². The molecule has 8 heteroatoms. The molecule has 1 aliphatic heterocycles. The van der Waals surface area contributed by atoms with Crippen LogP contribution in [0.2, 0.25) is 0 Å². The van der Waals surface area contributed by atoms with Gasteiger partial charge >= 0.3 is 6.03 Å². The molecule has 8 nitrogen and oxygen atoms in total. The molecule has 1 aromatic heterocycles. The maximum atomic E-state index is 12.9. The summed E-state index contributed by atoms with van der Waals surface area (Å²) in [5.41, 5.74) is 0.998. The smallest absolute Gasteiger partial charge is 0.325 e. The van der Waals surface area contributed by atoms with E-state index in [1.54, 1.807) is 0 Å². The highest BCUT2D eigenvalue weighted by Gasteiger charge is 2.55. The van der Waals surface area contributed by atoms with Gasteiger partial charge in [-0.15, -0.1) is 0 Å². The molecule has 2 atom stereocenters. The molecule has 4 rings (SSSR count). The summed E-state index contributed by atoms with van der Waals surface area (Å²) in [5, 5.41) is 5.64. The first-order valence-corrected chi connectivity index (χ1v) is 9.73. The van der Waals surface area contributed by atoms with Crippen molar-refractivity contribution in [3.8, 4) is 0 Å². The summed E-state index contributed by atoms with van der Waals surface area (Å²) in [6.45, 7) is 1.95. The molecule has 1 spiro atoms. The fourth-order valence-corrected chi connectivity index (χ4v) is 4.37. The van der Waals surface area contributed by atoms with Gasteiger partial charge in [0.2, 0.25) is 5.91 Å². The Morgan fingerprint density at radius 1 is 1.32 bits per heavy atom. The Morgan fingerprint density at radius 2 is 2.11 bits per heavy atom. The van der Waals surface area contributed by atoms with Gasteiger partial charge in [0, 0.05) is 7.05 Å². The van der Waals surface area contributed by atoms with Crippen molar-refractivity contribution in [3.63, 3.8) is 0 Å². The molecule has 1 aliphatic carbocycles. The largest absolute Gasteiger partial charge is 0.347 e. The zero-order valence-electron chi connectivity index (χ0n) is 16.2. The Bertz CT molecular complexity index is 952. The van der Waals surface area contributed by atoms with E-state index in [0.717, 1.165) is 35.2 Å². The number of para-hydroxylation sites is 2. The van der Waals surface area contributed by atoms with Gasteiger partial charge in [0.25, 0.3) is 5.91 Å². The second-order valence-electron chi connectivity index (χ2n) is 7.79. The molecular formula is C20H25N5O3. The Balaban J connectivity index is 1.41. The Hall–Kier alpha value is -2.90. The number of fused-ring (bicyclic) bond motifs is 1. The summed E-state index contributed by atoms with van der Waals surface area (Å²) in [6, 6.07) is 7.25. The van der Waals surface area contributed by atoms with E-state index in [4.69, 9.17) is 0 Å². The molecule has 1 saturated heterocycles. The highest BCUT2D eigenvalue weighted by Crippen LogP contribution is 2.38. The van der Waals surface area contributed by atoms with Gasteiger partial charge in [-0.25, -0.2) is 9.78 Å². The number of carbonyl (C=O) groups is 3. The van der Waals surface area contributed by atoms with Crippen molar-refractivity contribution >= 4 is 28.9 Å². The first-order valence-electron chi connectivity index (χ1n) is 9.73. The topological polar surface area (TPSA) is 96.3 Å². The second-order valence-corrected chi connectivity index (χ2v) is 7.79. The van der Waals surface area contributed by atoms with Gasteiger partial charge in [-0.3, -0.25) is 14.5 Å². The number of aromatic nitrogens is 2. The lowest BCUT2D eigenvalue weighted by molar-refractivity contribution is -0.137. The summed E-state index contributed by atoms with van der Waals surface area (Å²) < 4.78 is 1.92. The minimum absolute atomic E-state index is 0.0748. The number of hydrogen-bond donors (Lipinski definition) is 2. The molecule has 2 N–H and O–H groups in total. The number of nitrogens with one attached hydrogen (secondary N) is 2. The monoisotopic (exact) mass is 383 g/mol. The van der Waals surface area contributed by atoms with Crippen LogP contribution in [0, 0.1) is 5.92 Å². The Kier molecular flexibility index (Phi) is 4.56. The number of carbonyl (C=O) groups excluding carboxylic acids is 3. The fraction of sp³-hybridized carbons (Fsp3) is 0.500. The minimum atomic E-state index is -0.840. The molecule has 28 heavy (non-hydrogen) atoms. The molecule has 0 bridgehead atoms. The van der Waals surface area contributed by atoms with E-state index in [2.05, 4.69) is 15.6 Å². The third-order valence-electron chi connectivity index (χ3n) is 6.13. The lowest BCUT2D eigenvalue weighted by Gasteiger charge is -2.36. The van der Waals surface area contributed by atoms with Crippen LogP contribution < -0.4 is 10.6 Å². The molecule has 1 aromatic carbocycles. The summed E-state index contributed by atoms with van der Waals surface area (Å²) in [5.74, 6) is 0.133. The predicted molar refractivity (Wildman–Crippen MR) is 103 cm³/mol. The fourth-order valence-electron chi connectivity index (χ4n) is 4.37.